The van der Waals surface area contributed by atoms with Gasteiger partial charge in [-0.05, 0) is 12.3 Å². The van der Waals surface area contributed by atoms with E-state index in [-0.39, 0.29) is 0 Å². The highest BCUT2D eigenvalue weighted by molar-refractivity contribution is 6.36. The summed E-state index contributed by atoms with van der Waals surface area (Å²) >= 11 is 0. The molecule has 0 rings (SSSR count). The SMILES string of the molecule is C=C([SiH2]O)C(C)CCCC. The Kier molecular flexibility index (Phi) is 5.64. The highest BCUT2D eigenvalue weighted by Gasteiger charge is 2.03. The molecule has 10 heavy (non-hydrogen) atoms. The van der Waals surface area contributed by atoms with E-state index in [1.807, 2.05) is 0 Å². The molecule has 0 aromatic carbocycles. The van der Waals surface area contributed by atoms with E-state index in [9.17, 15) is 0 Å². The summed E-state index contributed by atoms with van der Waals surface area (Å²) in [6.45, 7) is 8.18. The van der Waals surface area contributed by atoms with Crippen LogP contribution in [0, 0.1) is 5.92 Å². The van der Waals surface area contributed by atoms with Crippen LogP contribution in [0.1, 0.15) is 33.1 Å². The molecule has 0 aliphatic carbocycles. The van der Waals surface area contributed by atoms with E-state index in [2.05, 4.69) is 20.4 Å². The third-order valence-corrected chi connectivity index (χ3v) is 2.99. The van der Waals surface area contributed by atoms with E-state index in [1.54, 1.807) is 0 Å². The molecule has 60 valence electrons. The van der Waals surface area contributed by atoms with Crippen molar-refractivity contribution in [2.24, 2.45) is 5.92 Å². The molecule has 1 N–H and O–H groups in total. The summed E-state index contributed by atoms with van der Waals surface area (Å²) in [5.41, 5.74) is 0. The topological polar surface area (TPSA) is 20.2 Å². The van der Waals surface area contributed by atoms with Gasteiger partial charge >= 0.3 is 0 Å². The van der Waals surface area contributed by atoms with Gasteiger partial charge in [-0.25, -0.2) is 0 Å². The van der Waals surface area contributed by atoms with Crippen LogP contribution in [-0.4, -0.2) is 14.6 Å². The van der Waals surface area contributed by atoms with E-state index in [4.69, 9.17) is 4.80 Å². The van der Waals surface area contributed by atoms with E-state index in [0.717, 1.165) is 5.20 Å². The van der Waals surface area contributed by atoms with Crippen molar-refractivity contribution in [3.05, 3.63) is 11.8 Å². The van der Waals surface area contributed by atoms with Gasteiger partial charge in [-0.3, -0.25) is 0 Å². The highest BCUT2D eigenvalue weighted by Crippen LogP contribution is 2.13. The van der Waals surface area contributed by atoms with Crippen LogP contribution in [0.4, 0.5) is 0 Å². The Bertz CT molecular complexity index is 101. The summed E-state index contributed by atoms with van der Waals surface area (Å²) in [6.07, 6.45) is 3.70. The lowest BCUT2D eigenvalue weighted by Gasteiger charge is -2.10. The molecule has 0 radical (unpaired) electrons. The summed E-state index contributed by atoms with van der Waals surface area (Å²) < 4.78 is 0. The second kappa shape index (κ2) is 5.68. The van der Waals surface area contributed by atoms with Gasteiger partial charge in [-0.15, -0.1) is 6.58 Å². The Morgan fingerprint density at radius 1 is 1.70 bits per heavy atom. The predicted octanol–water partition coefficient (Wildman–Crippen LogP) is 1.40. The normalized spacial score (nSPS) is 14.3. The van der Waals surface area contributed by atoms with Gasteiger partial charge in [0.1, 0.15) is 0 Å². The molecule has 0 aliphatic rings. The van der Waals surface area contributed by atoms with Crippen molar-refractivity contribution in [3.63, 3.8) is 0 Å². The Morgan fingerprint density at radius 3 is 2.70 bits per heavy atom. The second-order valence-corrected chi connectivity index (χ2v) is 4.08. The molecule has 0 aromatic heterocycles. The lowest BCUT2D eigenvalue weighted by molar-refractivity contribution is 0.560. The Hall–Kier alpha value is -0.0831. The Balaban J connectivity index is 3.41. The standard InChI is InChI=1S/C8H18OSi/c1-4-5-6-7(2)8(3)10-9/h7,9H,3-6,10H2,1-2H3. The average molecular weight is 158 g/mol. The Labute approximate surface area is 66.1 Å². The minimum Gasteiger partial charge on any atom is -0.434 e. The Morgan fingerprint density at radius 2 is 2.30 bits per heavy atom. The number of rotatable bonds is 5. The van der Waals surface area contributed by atoms with Gasteiger partial charge < -0.3 is 4.80 Å². The van der Waals surface area contributed by atoms with Crippen molar-refractivity contribution in [2.45, 2.75) is 33.1 Å². The number of unbranched alkanes of at least 4 members (excludes halogenated alkanes) is 1. The average Bonchev–Trinajstić information content (AvgIpc) is 1.98. The molecule has 0 saturated heterocycles. The summed E-state index contributed by atoms with van der Waals surface area (Å²) in [7, 11) is -0.931. The fourth-order valence-corrected chi connectivity index (χ4v) is 1.39. The smallest absolute Gasteiger partial charge is 0.183 e. The molecule has 2 heteroatoms. The second-order valence-electron chi connectivity index (χ2n) is 2.86. The van der Waals surface area contributed by atoms with Gasteiger partial charge in [0, 0.05) is 0 Å². The minimum atomic E-state index is -0.931. The molecule has 1 unspecified atom stereocenters. The van der Waals surface area contributed by atoms with Crippen molar-refractivity contribution in [1.82, 2.24) is 0 Å². The van der Waals surface area contributed by atoms with Crippen LogP contribution in [0.2, 0.25) is 0 Å². The largest absolute Gasteiger partial charge is 0.434 e. The summed E-state index contributed by atoms with van der Waals surface area (Å²) in [5.74, 6) is 0.552. The minimum absolute atomic E-state index is 0.552. The highest BCUT2D eigenvalue weighted by atomic mass is 28.2. The fourth-order valence-electron chi connectivity index (χ4n) is 0.870. The summed E-state index contributed by atoms with van der Waals surface area (Å²) in [6, 6.07) is 0. The first kappa shape index (κ1) is 9.92. The third kappa shape index (κ3) is 3.85. The van der Waals surface area contributed by atoms with E-state index in [0.29, 0.717) is 5.92 Å². The van der Waals surface area contributed by atoms with Gasteiger partial charge in [0.25, 0.3) is 0 Å². The summed E-state index contributed by atoms with van der Waals surface area (Å²) in [5, 5.41) is 1.11. The zero-order valence-electron chi connectivity index (χ0n) is 7.06. The van der Waals surface area contributed by atoms with Crippen LogP contribution < -0.4 is 0 Å². The monoisotopic (exact) mass is 158 g/mol. The molecule has 1 atom stereocenters. The maximum Gasteiger partial charge on any atom is 0.183 e. The molecule has 0 aromatic rings. The number of hydrogen-bond acceptors (Lipinski definition) is 1. The quantitative estimate of drug-likeness (QED) is 0.600. The van der Waals surface area contributed by atoms with Crippen LogP contribution in [-0.2, 0) is 0 Å². The fraction of sp³-hybridized carbons (Fsp3) is 0.750. The van der Waals surface area contributed by atoms with E-state index >= 15 is 0 Å². The van der Waals surface area contributed by atoms with Gasteiger partial charge in [-0.1, -0.05) is 31.9 Å². The lowest BCUT2D eigenvalue weighted by Crippen LogP contribution is -2.04. The number of allylic oxidation sites excluding steroid dienone is 1. The maximum absolute atomic E-state index is 8.84. The molecule has 0 saturated carbocycles. The van der Waals surface area contributed by atoms with Crippen LogP contribution in [0.25, 0.3) is 0 Å². The number of hydrogen-bond donors (Lipinski definition) is 1. The molecule has 0 aliphatic heterocycles. The van der Waals surface area contributed by atoms with Crippen molar-refractivity contribution >= 4 is 9.76 Å². The molecule has 0 fully saturated rings. The molecular formula is C8H18OSi. The van der Waals surface area contributed by atoms with E-state index in [1.165, 1.54) is 19.3 Å². The van der Waals surface area contributed by atoms with Gasteiger partial charge in [0.05, 0.1) is 0 Å². The first-order chi connectivity index (χ1) is 4.72. The molecule has 0 heterocycles. The zero-order valence-corrected chi connectivity index (χ0v) is 8.47. The molecular weight excluding hydrogens is 140 g/mol. The van der Waals surface area contributed by atoms with Crippen molar-refractivity contribution in [1.29, 1.82) is 0 Å². The molecule has 0 spiro atoms. The van der Waals surface area contributed by atoms with E-state index < -0.39 is 9.76 Å². The van der Waals surface area contributed by atoms with Gasteiger partial charge in [0.2, 0.25) is 0 Å². The first-order valence-electron chi connectivity index (χ1n) is 4.00. The third-order valence-electron chi connectivity index (χ3n) is 1.89. The van der Waals surface area contributed by atoms with Crippen molar-refractivity contribution in [3.8, 4) is 0 Å². The maximum atomic E-state index is 8.84. The van der Waals surface area contributed by atoms with Crippen molar-refractivity contribution in [2.75, 3.05) is 0 Å². The van der Waals surface area contributed by atoms with Gasteiger partial charge in [-0.2, -0.15) is 0 Å². The molecule has 1 nitrogen and oxygen atoms in total. The van der Waals surface area contributed by atoms with Crippen LogP contribution >= 0.6 is 0 Å². The predicted molar refractivity (Wildman–Crippen MR) is 48.6 cm³/mol. The first-order valence-corrected chi connectivity index (χ1v) is 5.34. The van der Waals surface area contributed by atoms with Crippen LogP contribution in [0.5, 0.6) is 0 Å². The van der Waals surface area contributed by atoms with Crippen LogP contribution in [0.3, 0.4) is 0 Å². The van der Waals surface area contributed by atoms with Crippen LogP contribution in [0.15, 0.2) is 11.8 Å². The van der Waals surface area contributed by atoms with Gasteiger partial charge in [0.15, 0.2) is 9.76 Å². The molecule has 0 amide bonds. The van der Waals surface area contributed by atoms with Crippen molar-refractivity contribution < 1.29 is 4.80 Å². The lowest BCUT2D eigenvalue weighted by atomic mass is 10.0. The summed E-state index contributed by atoms with van der Waals surface area (Å²) in [4.78, 5) is 8.84. The molecule has 0 bridgehead atoms. The zero-order chi connectivity index (χ0) is 7.98.